The Morgan fingerprint density at radius 2 is 2.08 bits per heavy atom. The summed E-state index contributed by atoms with van der Waals surface area (Å²) in [6.07, 6.45) is 1.71. The van der Waals surface area contributed by atoms with E-state index in [4.69, 9.17) is 9.47 Å². The number of hydrogen-bond acceptors (Lipinski definition) is 4. The fraction of sp³-hybridized carbons (Fsp3) is 0.632. The van der Waals surface area contributed by atoms with Crippen LogP contribution in [-0.2, 0) is 16.0 Å². The van der Waals surface area contributed by atoms with Crippen LogP contribution in [0.2, 0.25) is 0 Å². The first-order chi connectivity index (χ1) is 11.7. The van der Waals surface area contributed by atoms with Crippen molar-refractivity contribution in [2.24, 2.45) is 0 Å². The molecule has 0 unspecified atom stereocenters. The molecular formula is C19H28N2O3. The molecule has 132 valence electrons. The number of likely N-dealkylation sites (tertiary alicyclic amines) is 1. The van der Waals surface area contributed by atoms with Gasteiger partial charge in [0.05, 0.1) is 26.3 Å². The summed E-state index contributed by atoms with van der Waals surface area (Å²) in [5, 5.41) is 0. The number of aryl methyl sites for hydroxylation is 1. The van der Waals surface area contributed by atoms with Crippen LogP contribution in [0.25, 0.3) is 0 Å². The lowest BCUT2D eigenvalue weighted by Gasteiger charge is -2.40. The Hall–Kier alpha value is -1.59. The molecule has 24 heavy (non-hydrogen) atoms. The predicted molar refractivity (Wildman–Crippen MR) is 93.3 cm³/mol. The molecule has 0 aromatic heterocycles. The Bertz CT molecular complexity index is 551. The van der Waals surface area contributed by atoms with Gasteiger partial charge in [-0.3, -0.25) is 9.69 Å². The molecule has 3 rings (SSSR count). The molecule has 2 fully saturated rings. The lowest BCUT2D eigenvalue weighted by atomic mass is 10.1. The van der Waals surface area contributed by atoms with Gasteiger partial charge in [-0.2, -0.15) is 0 Å². The number of nitrogens with zero attached hydrogens (tertiary/aromatic N) is 2. The molecule has 0 radical (unpaired) electrons. The fourth-order valence-electron chi connectivity index (χ4n) is 3.28. The highest BCUT2D eigenvalue weighted by Gasteiger charge is 2.33. The number of ether oxygens (including phenoxy) is 2. The summed E-state index contributed by atoms with van der Waals surface area (Å²) >= 11 is 0. The van der Waals surface area contributed by atoms with Crippen molar-refractivity contribution in [2.75, 3.05) is 39.4 Å². The van der Waals surface area contributed by atoms with Crippen molar-refractivity contribution in [1.82, 2.24) is 9.80 Å². The second-order valence-corrected chi connectivity index (χ2v) is 6.74. The predicted octanol–water partition coefficient (Wildman–Crippen LogP) is 1.95. The van der Waals surface area contributed by atoms with Gasteiger partial charge in [-0.15, -0.1) is 0 Å². The van der Waals surface area contributed by atoms with E-state index in [0.717, 1.165) is 38.5 Å². The van der Waals surface area contributed by atoms with Crippen molar-refractivity contribution in [3.8, 4) is 5.75 Å². The SMILES string of the molecule is CCc1cccc(OC2CN(C(=O)C[C@@H](C)N3CCOCC3)C2)c1. The highest BCUT2D eigenvalue weighted by atomic mass is 16.5. The maximum Gasteiger partial charge on any atom is 0.224 e. The van der Waals surface area contributed by atoms with Crippen LogP contribution in [0.15, 0.2) is 24.3 Å². The van der Waals surface area contributed by atoms with Gasteiger partial charge in [-0.05, 0) is 31.0 Å². The molecular weight excluding hydrogens is 304 g/mol. The molecule has 1 atom stereocenters. The molecule has 0 N–H and O–H groups in total. The lowest BCUT2D eigenvalue weighted by molar-refractivity contribution is -0.141. The number of hydrogen-bond donors (Lipinski definition) is 0. The minimum Gasteiger partial charge on any atom is -0.487 e. The van der Waals surface area contributed by atoms with E-state index >= 15 is 0 Å². The highest BCUT2D eigenvalue weighted by Crippen LogP contribution is 2.21. The van der Waals surface area contributed by atoms with Gasteiger partial charge in [-0.1, -0.05) is 19.1 Å². The second kappa shape index (κ2) is 7.99. The van der Waals surface area contributed by atoms with E-state index in [2.05, 4.69) is 30.9 Å². The van der Waals surface area contributed by atoms with Crippen molar-refractivity contribution < 1.29 is 14.3 Å². The molecule has 2 aliphatic rings. The van der Waals surface area contributed by atoms with Crippen molar-refractivity contribution in [3.05, 3.63) is 29.8 Å². The summed E-state index contributed by atoms with van der Waals surface area (Å²) in [5.74, 6) is 1.14. The van der Waals surface area contributed by atoms with Crippen molar-refractivity contribution in [1.29, 1.82) is 0 Å². The van der Waals surface area contributed by atoms with Gasteiger partial charge in [0.2, 0.25) is 5.91 Å². The van der Waals surface area contributed by atoms with Crippen LogP contribution in [0.3, 0.4) is 0 Å². The third kappa shape index (κ3) is 4.28. The summed E-state index contributed by atoms with van der Waals surface area (Å²) in [6, 6.07) is 8.49. The molecule has 2 aliphatic heterocycles. The summed E-state index contributed by atoms with van der Waals surface area (Å²) in [7, 11) is 0. The first kappa shape index (κ1) is 17.2. The zero-order valence-electron chi connectivity index (χ0n) is 14.7. The van der Waals surface area contributed by atoms with Gasteiger partial charge in [-0.25, -0.2) is 0 Å². The van der Waals surface area contributed by atoms with Crippen LogP contribution in [0.1, 0.15) is 25.8 Å². The average molecular weight is 332 g/mol. The Morgan fingerprint density at radius 3 is 2.79 bits per heavy atom. The molecule has 5 heteroatoms. The van der Waals surface area contributed by atoms with Crippen LogP contribution < -0.4 is 4.74 Å². The van der Waals surface area contributed by atoms with E-state index in [-0.39, 0.29) is 18.1 Å². The number of carbonyl (C=O) groups is 1. The minimum atomic E-state index is 0.125. The molecule has 0 bridgehead atoms. The third-order valence-corrected chi connectivity index (χ3v) is 4.95. The molecule has 1 aromatic rings. The fourth-order valence-corrected chi connectivity index (χ4v) is 3.28. The maximum atomic E-state index is 12.4. The monoisotopic (exact) mass is 332 g/mol. The molecule has 1 amide bonds. The van der Waals surface area contributed by atoms with E-state index in [1.165, 1.54) is 5.56 Å². The maximum absolute atomic E-state index is 12.4. The number of amides is 1. The summed E-state index contributed by atoms with van der Waals surface area (Å²) in [4.78, 5) is 16.6. The van der Waals surface area contributed by atoms with Crippen LogP contribution in [0, 0.1) is 0 Å². The lowest BCUT2D eigenvalue weighted by Crippen LogP contribution is -2.57. The Kier molecular flexibility index (Phi) is 5.74. The standard InChI is InChI=1S/C19H28N2O3/c1-3-16-5-4-6-17(12-16)24-18-13-21(14-18)19(22)11-15(2)20-7-9-23-10-8-20/h4-6,12,15,18H,3,7-11,13-14H2,1-2H3/t15-/m1/s1. The summed E-state index contributed by atoms with van der Waals surface area (Å²) < 4.78 is 11.3. The summed E-state index contributed by atoms with van der Waals surface area (Å²) in [6.45, 7) is 9.06. The number of carbonyl (C=O) groups excluding carboxylic acids is 1. The molecule has 2 heterocycles. The highest BCUT2D eigenvalue weighted by molar-refractivity contribution is 5.77. The van der Waals surface area contributed by atoms with Gasteiger partial charge >= 0.3 is 0 Å². The molecule has 1 aromatic carbocycles. The van der Waals surface area contributed by atoms with E-state index in [9.17, 15) is 4.79 Å². The smallest absolute Gasteiger partial charge is 0.224 e. The Labute approximate surface area is 144 Å². The Balaban J connectivity index is 1.41. The summed E-state index contributed by atoms with van der Waals surface area (Å²) in [5.41, 5.74) is 1.28. The van der Waals surface area contributed by atoms with Crippen molar-refractivity contribution in [2.45, 2.75) is 38.8 Å². The van der Waals surface area contributed by atoms with E-state index < -0.39 is 0 Å². The zero-order valence-corrected chi connectivity index (χ0v) is 14.7. The van der Waals surface area contributed by atoms with Gasteiger partial charge < -0.3 is 14.4 Å². The van der Waals surface area contributed by atoms with Crippen LogP contribution in [-0.4, -0.2) is 67.2 Å². The molecule has 0 aliphatic carbocycles. The topological polar surface area (TPSA) is 42.0 Å². The van der Waals surface area contributed by atoms with E-state index in [1.807, 2.05) is 17.0 Å². The second-order valence-electron chi connectivity index (χ2n) is 6.74. The van der Waals surface area contributed by atoms with Gasteiger partial charge in [0.1, 0.15) is 11.9 Å². The normalized spacial score (nSPS) is 20.5. The quantitative estimate of drug-likeness (QED) is 0.798. The molecule has 5 nitrogen and oxygen atoms in total. The first-order valence-corrected chi connectivity index (χ1v) is 9.01. The number of rotatable bonds is 6. The third-order valence-electron chi connectivity index (χ3n) is 4.95. The first-order valence-electron chi connectivity index (χ1n) is 9.01. The number of morpholine rings is 1. The molecule has 2 saturated heterocycles. The van der Waals surface area contributed by atoms with Crippen LogP contribution in [0.4, 0.5) is 0 Å². The van der Waals surface area contributed by atoms with Crippen LogP contribution in [0.5, 0.6) is 5.75 Å². The minimum absolute atomic E-state index is 0.125. The molecule has 0 spiro atoms. The average Bonchev–Trinajstić information content (AvgIpc) is 2.58. The zero-order chi connectivity index (χ0) is 16.9. The number of benzene rings is 1. The van der Waals surface area contributed by atoms with Gasteiger partial charge in [0, 0.05) is 25.6 Å². The van der Waals surface area contributed by atoms with Crippen LogP contribution >= 0.6 is 0 Å². The van der Waals surface area contributed by atoms with E-state index in [1.54, 1.807) is 0 Å². The molecule has 0 saturated carbocycles. The van der Waals surface area contributed by atoms with Gasteiger partial charge in [0.15, 0.2) is 0 Å². The largest absolute Gasteiger partial charge is 0.487 e. The Morgan fingerprint density at radius 1 is 1.33 bits per heavy atom. The van der Waals surface area contributed by atoms with Gasteiger partial charge in [0.25, 0.3) is 0 Å². The van der Waals surface area contributed by atoms with E-state index in [0.29, 0.717) is 19.5 Å². The van der Waals surface area contributed by atoms with Crippen molar-refractivity contribution in [3.63, 3.8) is 0 Å². The van der Waals surface area contributed by atoms with Crippen molar-refractivity contribution >= 4 is 5.91 Å².